The summed E-state index contributed by atoms with van der Waals surface area (Å²) in [6.07, 6.45) is 0. The second-order valence-electron chi connectivity index (χ2n) is 4.39. The van der Waals surface area contributed by atoms with Crippen LogP contribution in [0.1, 0.15) is 5.56 Å². The van der Waals surface area contributed by atoms with Gasteiger partial charge in [-0.3, -0.25) is 4.57 Å². The van der Waals surface area contributed by atoms with Gasteiger partial charge in [-0.05, 0) is 58.7 Å². The summed E-state index contributed by atoms with van der Waals surface area (Å²) < 4.78 is 16.0. The maximum Gasteiger partial charge on any atom is 0.205 e. The van der Waals surface area contributed by atoms with Crippen LogP contribution in [0.3, 0.4) is 0 Å². The molecule has 5 heteroatoms. The molecule has 0 unspecified atom stereocenters. The number of benzene rings is 2. The molecule has 3 nitrogen and oxygen atoms in total. The van der Waals surface area contributed by atoms with E-state index in [1.54, 1.807) is 10.6 Å². The van der Waals surface area contributed by atoms with E-state index in [4.69, 9.17) is 5.73 Å². The molecule has 0 aliphatic carbocycles. The minimum absolute atomic E-state index is 0.313. The van der Waals surface area contributed by atoms with Crippen LogP contribution < -0.4 is 5.73 Å². The molecule has 0 aliphatic heterocycles. The molecule has 0 bridgehead atoms. The fourth-order valence-corrected chi connectivity index (χ4v) is 2.54. The first kappa shape index (κ1) is 12.2. The van der Waals surface area contributed by atoms with Gasteiger partial charge in [-0.15, -0.1) is 0 Å². The third-order valence-corrected chi connectivity index (χ3v) is 3.66. The largest absolute Gasteiger partial charge is 0.369 e. The van der Waals surface area contributed by atoms with Crippen LogP contribution in [-0.4, -0.2) is 9.55 Å². The summed E-state index contributed by atoms with van der Waals surface area (Å²) in [6.45, 7) is 1.99. The monoisotopic (exact) mass is 319 g/mol. The molecule has 2 aromatic carbocycles. The Hall–Kier alpha value is -1.88. The summed E-state index contributed by atoms with van der Waals surface area (Å²) >= 11 is 3.42. The van der Waals surface area contributed by atoms with Crippen molar-refractivity contribution in [2.45, 2.75) is 6.92 Å². The van der Waals surface area contributed by atoms with E-state index in [2.05, 4.69) is 20.9 Å². The first-order chi connectivity index (χ1) is 9.06. The maximum absolute atomic E-state index is 13.5. The second-order valence-corrected chi connectivity index (χ2v) is 5.25. The Balaban J connectivity index is 2.38. The standard InChI is InChI=1S/C14H11BrFN3/c1-8-2-5-11-13(6-8)19(14(17)18-11)12-7-9(16)3-4-10(12)15/h2-7H,1H3,(H2,17,18). The maximum atomic E-state index is 13.5. The Kier molecular flexibility index (Phi) is 2.78. The number of anilines is 1. The van der Waals surface area contributed by atoms with Crippen LogP contribution in [0.15, 0.2) is 40.9 Å². The zero-order chi connectivity index (χ0) is 13.6. The van der Waals surface area contributed by atoms with Gasteiger partial charge in [0.25, 0.3) is 0 Å². The molecule has 0 aliphatic rings. The van der Waals surface area contributed by atoms with Gasteiger partial charge in [0.05, 0.1) is 16.7 Å². The molecule has 3 rings (SSSR count). The summed E-state index contributed by atoms with van der Waals surface area (Å²) in [5, 5.41) is 0. The van der Waals surface area contributed by atoms with Crippen LogP contribution in [0, 0.1) is 12.7 Å². The van der Waals surface area contributed by atoms with Crippen molar-refractivity contribution in [2.24, 2.45) is 0 Å². The number of rotatable bonds is 1. The number of aryl methyl sites for hydroxylation is 1. The topological polar surface area (TPSA) is 43.8 Å². The molecule has 1 heterocycles. The van der Waals surface area contributed by atoms with E-state index < -0.39 is 0 Å². The number of aromatic nitrogens is 2. The number of hydrogen-bond acceptors (Lipinski definition) is 2. The Labute approximate surface area is 118 Å². The number of nitrogens with zero attached hydrogens (tertiary/aromatic N) is 2. The van der Waals surface area contributed by atoms with E-state index in [1.807, 2.05) is 25.1 Å². The lowest BCUT2D eigenvalue weighted by Gasteiger charge is -2.09. The Bertz CT molecular complexity index is 780. The minimum atomic E-state index is -0.313. The average molecular weight is 320 g/mol. The molecular weight excluding hydrogens is 309 g/mol. The lowest BCUT2D eigenvalue weighted by atomic mass is 10.2. The zero-order valence-electron chi connectivity index (χ0n) is 10.2. The third kappa shape index (κ3) is 2.00. The predicted octanol–water partition coefficient (Wildman–Crippen LogP) is 3.82. The third-order valence-electron chi connectivity index (χ3n) is 2.99. The SMILES string of the molecule is Cc1ccc2nc(N)n(-c3cc(F)ccc3Br)c2c1. The molecule has 19 heavy (non-hydrogen) atoms. The van der Waals surface area contributed by atoms with Crippen LogP contribution >= 0.6 is 15.9 Å². The normalized spacial score (nSPS) is 11.1. The summed E-state index contributed by atoms with van der Waals surface area (Å²) in [6, 6.07) is 10.4. The minimum Gasteiger partial charge on any atom is -0.369 e. The van der Waals surface area contributed by atoms with Gasteiger partial charge in [0, 0.05) is 4.47 Å². The first-order valence-electron chi connectivity index (χ1n) is 5.76. The van der Waals surface area contributed by atoms with Gasteiger partial charge < -0.3 is 5.73 Å². The van der Waals surface area contributed by atoms with E-state index in [0.29, 0.717) is 11.6 Å². The van der Waals surface area contributed by atoms with Crippen molar-refractivity contribution >= 4 is 32.9 Å². The van der Waals surface area contributed by atoms with Gasteiger partial charge in [0.1, 0.15) is 5.82 Å². The lowest BCUT2D eigenvalue weighted by molar-refractivity contribution is 0.626. The quantitative estimate of drug-likeness (QED) is 0.741. The lowest BCUT2D eigenvalue weighted by Crippen LogP contribution is -2.02. The van der Waals surface area contributed by atoms with Gasteiger partial charge >= 0.3 is 0 Å². The Morgan fingerprint density at radius 3 is 2.79 bits per heavy atom. The van der Waals surface area contributed by atoms with Crippen molar-refractivity contribution in [1.29, 1.82) is 0 Å². The number of nitrogen functional groups attached to an aromatic ring is 1. The van der Waals surface area contributed by atoms with Crippen molar-refractivity contribution in [3.8, 4) is 5.69 Å². The Morgan fingerprint density at radius 2 is 2.00 bits per heavy atom. The smallest absolute Gasteiger partial charge is 0.205 e. The van der Waals surface area contributed by atoms with Gasteiger partial charge in [0.2, 0.25) is 5.95 Å². The molecule has 2 N–H and O–H groups in total. The van der Waals surface area contributed by atoms with Crippen molar-refractivity contribution in [3.63, 3.8) is 0 Å². The highest BCUT2D eigenvalue weighted by Gasteiger charge is 2.13. The molecule has 0 spiro atoms. The molecule has 1 aromatic heterocycles. The van der Waals surface area contributed by atoms with E-state index in [0.717, 1.165) is 21.1 Å². The fourth-order valence-electron chi connectivity index (χ4n) is 2.11. The molecule has 3 aromatic rings. The number of halogens is 2. The predicted molar refractivity (Wildman–Crippen MR) is 77.9 cm³/mol. The van der Waals surface area contributed by atoms with E-state index in [1.165, 1.54) is 12.1 Å². The summed E-state index contributed by atoms with van der Waals surface area (Å²) in [5.74, 6) is 0.0269. The summed E-state index contributed by atoms with van der Waals surface area (Å²) in [4.78, 5) is 4.30. The van der Waals surface area contributed by atoms with Crippen LogP contribution in [-0.2, 0) is 0 Å². The molecule has 0 saturated heterocycles. The zero-order valence-corrected chi connectivity index (χ0v) is 11.8. The van der Waals surface area contributed by atoms with Crippen molar-refractivity contribution in [1.82, 2.24) is 9.55 Å². The number of hydrogen-bond donors (Lipinski definition) is 1. The van der Waals surface area contributed by atoms with E-state index in [9.17, 15) is 4.39 Å². The molecule has 0 saturated carbocycles. The summed E-state index contributed by atoms with van der Waals surface area (Å²) in [7, 11) is 0. The van der Waals surface area contributed by atoms with E-state index >= 15 is 0 Å². The first-order valence-corrected chi connectivity index (χ1v) is 6.55. The van der Waals surface area contributed by atoms with Crippen molar-refractivity contribution in [2.75, 3.05) is 5.73 Å². The van der Waals surface area contributed by atoms with E-state index in [-0.39, 0.29) is 5.82 Å². The molecular formula is C14H11BrFN3. The van der Waals surface area contributed by atoms with Gasteiger partial charge in [-0.25, -0.2) is 9.37 Å². The molecule has 0 amide bonds. The van der Waals surface area contributed by atoms with Crippen molar-refractivity contribution < 1.29 is 4.39 Å². The van der Waals surface area contributed by atoms with Crippen LogP contribution in [0.5, 0.6) is 0 Å². The second kappa shape index (κ2) is 4.35. The van der Waals surface area contributed by atoms with Gasteiger partial charge in [-0.1, -0.05) is 6.07 Å². The fraction of sp³-hybridized carbons (Fsp3) is 0.0714. The molecule has 96 valence electrons. The summed E-state index contributed by atoms with van der Waals surface area (Å²) in [5.41, 5.74) is 9.36. The number of nitrogens with two attached hydrogens (primary N) is 1. The average Bonchev–Trinajstić information content (AvgIpc) is 2.68. The number of fused-ring (bicyclic) bond motifs is 1. The van der Waals surface area contributed by atoms with Gasteiger partial charge in [0.15, 0.2) is 0 Å². The highest BCUT2D eigenvalue weighted by atomic mass is 79.9. The number of imidazole rings is 1. The van der Waals surface area contributed by atoms with Crippen LogP contribution in [0.25, 0.3) is 16.7 Å². The highest BCUT2D eigenvalue weighted by molar-refractivity contribution is 9.10. The van der Waals surface area contributed by atoms with Gasteiger partial charge in [-0.2, -0.15) is 0 Å². The molecule has 0 atom stereocenters. The van der Waals surface area contributed by atoms with Crippen molar-refractivity contribution in [3.05, 3.63) is 52.3 Å². The molecule has 0 fully saturated rings. The highest BCUT2D eigenvalue weighted by Crippen LogP contribution is 2.29. The molecule has 0 radical (unpaired) electrons. The van der Waals surface area contributed by atoms with Crippen LogP contribution in [0.2, 0.25) is 0 Å². The van der Waals surface area contributed by atoms with Crippen LogP contribution in [0.4, 0.5) is 10.3 Å². The Morgan fingerprint density at radius 1 is 1.21 bits per heavy atom.